The number of halogens is 1. The number of carboxylic acid groups (broad SMARTS) is 1. The summed E-state index contributed by atoms with van der Waals surface area (Å²) in [5.74, 6) is 0.672. The molecule has 0 saturated carbocycles. The van der Waals surface area contributed by atoms with Crippen LogP contribution in [0.4, 0.5) is 16.2 Å². The lowest BCUT2D eigenvalue weighted by atomic mass is 10.0. The van der Waals surface area contributed by atoms with E-state index in [2.05, 4.69) is 10.6 Å². The number of hydrogen-bond donors (Lipinski definition) is 3. The Morgan fingerprint density at radius 3 is 2.30 bits per heavy atom. The van der Waals surface area contributed by atoms with E-state index in [9.17, 15) is 14.7 Å². The van der Waals surface area contributed by atoms with Crippen LogP contribution in [0.5, 0.6) is 23.0 Å². The van der Waals surface area contributed by atoms with Crippen LogP contribution in [0.25, 0.3) is 11.1 Å². The van der Waals surface area contributed by atoms with Crippen LogP contribution in [0.3, 0.4) is 0 Å². The van der Waals surface area contributed by atoms with Gasteiger partial charge in [-0.15, -0.1) is 0 Å². The minimum absolute atomic E-state index is 0.0194. The molecular weight excluding hydrogens is 532 g/mol. The van der Waals surface area contributed by atoms with Crippen LogP contribution in [-0.2, 0) is 6.42 Å². The number of fused-ring (bicyclic) bond motifs is 1. The molecule has 0 fully saturated rings. The van der Waals surface area contributed by atoms with Gasteiger partial charge in [0.15, 0.2) is 17.2 Å². The van der Waals surface area contributed by atoms with E-state index >= 15 is 0 Å². The number of carbonyl (C=O) groups is 2. The number of aromatic carboxylic acids is 1. The molecule has 0 saturated heterocycles. The molecule has 2 amide bonds. The van der Waals surface area contributed by atoms with E-state index in [0.29, 0.717) is 44.8 Å². The fourth-order valence-corrected chi connectivity index (χ4v) is 4.76. The summed E-state index contributed by atoms with van der Waals surface area (Å²) in [6.07, 6.45) is 0.743. The lowest BCUT2D eigenvalue weighted by Gasteiger charge is -2.19. The fourth-order valence-electron chi connectivity index (χ4n) is 4.58. The van der Waals surface area contributed by atoms with Crippen LogP contribution in [-0.4, -0.2) is 29.8 Å². The van der Waals surface area contributed by atoms with Gasteiger partial charge >= 0.3 is 12.0 Å². The summed E-state index contributed by atoms with van der Waals surface area (Å²) in [4.78, 5) is 24.8. The van der Waals surface area contributed by atoms with Crippen molar-refractivity contribution < 1.29 is 28.9 Å². The van der Waals surface area contributed by atoms with Crippen molar-refractivity contribution in [2.45, 2.75) is 25.9 Å². The second kappa shape index (κ2) is 10.8. The summed E-state index contributed by atoms with van der Waals surface area (Å²) in [7, 11) is 1.42. The van der Waals surface area contributed by atoms with Gasteiger partial charge in [-0.05, 0) is 67.4 Å². The zero-order chi connectivity index (χ0) is 28.4. The van der Waals surface area contributed by atoms with Crippen LogP contribution in [0.15, 0.2) is 78.9 Å². The van der Waals surface area contributed by atoms with Gasteiger partial charge in [-0.3, -0.25) is 0 Å². The van der Waals surface area contributed by atoms with E-state index in [1.54, 1.807) is 54.6 Å². The second-order valence-electron chi connectivity index (χ2n) is 9.88. The number of anilines is 2. The third kappa shape index (κ3) is 5.67. The number of urea groups is 1. The Hall–Kier alpha value is -4.69. The third-order valence-corrected chi connectivity index (χ3v) is 6.72. The van der Waals surface area contributed by atoms with Gasteiger partial charge in [0.1, 0.15) is 16.9 Å². The monoisotopic (exact) mass is 558 g/mol. The summed E-state index contributed by atoms with van der Waals surface area (Å²) >= 11 is 6.22. The maximum absolute atomic E-state index is 13.0. The highest BCUT2D eigenvalue weighted by Crippen LogP contribution is 2.45. The molecular formula is C31H27ClN2O6. The smallest absolute Gasteiger partial charge is 0.339 e. The Morgan fingerprint density at radius 1 is 0.875 bits per heavy atom. The molecule has 40 heavy (non-hydrogen) atoms. The number of carbonyl (C=O) groups excluding carboxylic acids is 1. The number of nitrogens with one attached hydrogen (secondary N) is 2. The van der Waals surface area contributed by atoms with E-state index in [4.69, 9.17) is 25.8 Å². The fraction of sp³-hybridized carbons (Fsp3) is 0.161. The molecule has 4 aromatic rings. The zero-order valence-corrected chi connectivity index (χ0v) is 22.8. The highest BCUT2D eigenvalue weighted by molar-refractivity contribution is 6.33. The minimum atomic E-state index is -1.11. The molecule has 0 radical (unpaired) electrons. The molecule has 0 aromatic heterocycles. The lowest BCUT2D eigenvalue weighted by Crippen LogP contribution is -2.24. The van der Waals surface area contributed by atoms with E-state index in [1.165, 1.54) is 13.2 Å². The summed E-state index contributed by atoms with van der Waals surface area (Å²) in [6.45, 7) is 4.02. The summed E-state index contributed by atoms with van der Waals surface area (Å²) in [5.41, 5.74) is 2.75. The molecule has 0 spiro atoms. The van der Waals surface area contributed by atoms with Crippen molar-refractivity contribution in [1.82, 2.24) is 0 Å². The highest BCUT2D eigenvalue weighted by Gasteiger charge is 2.32. The first-order valence-corrected chi connectivity index (χ1v) is 12.9. The third-order valence-electron chi connectivity index (χ3n) is 6.39. The van der Waals surface area contributed by atoms with Crippen molar-refractivity contribution >= 4 is 35.0 Å². The Labute approximate surface area is 236 Å². The van der Waals surface area contributed by atoms with Gasteiger partial charge in [0.05, 0.1) is 23.5 Å². The molecule has 1 aliphatic rings. The Morgan fingerprint density at radius 2 is 1.57 bits per heavy atom. The second-order valence-corrected chi connectivity index (χ2v) is 10.3. The van der Waals surface area contributed by atoms with Gasteiger partial charge in [-0.1, -0.05) is 48.0 Å². The zero-order valence-electron chi connectivity index (χ0n) is 22.1. The number of methoxy groups -OCH3 is 1. The summed E-state index contributed by atoms with van der Waals surface area (Å²) < 4.78 is 17.6. The average molecular weight is 559 g/mol. The first-order chi connectivity index (χ1) is 19.1. The molecule has 1 heterocycles. The molecule has 4 aromatic carbocycles. The largest absolute Gasteiger partial charge is 0.496 e. The summed E-state index contributed by atoms with van der Waals surface area (Å²) in [6, 6.07) is 22.1. The van der Waals surface area contributed by atoms with Gasteiger partial charge in [-0.2, -0.15) is 0 Å². The number of amides is 2. The number of benzene rings is 4. The van der Waals surface area contributed by atoms with Crippen LogP contribution in [0.2, 0.25) is 5.02 Å². The molecule has 8 nitrogen and oxygen atoms in total. The first-order valence-electron chi connectivity index (χ1n) is 12.5. The molecule has 0 unspecified atom stereocenters. The van der Waals surface area contributed by atoms with Crippen molar-refractivity contribution in [1.29, 1.82) is 0 Å². The average Bonchev–Trinajstić information content (AvgIpc) is 3.25. The van der Waals surface area contributed by atoms with Crippen LogP contribution in [0.1, 0.15) is 29.8 Å². The number of para-hydroxylation sites is 2. The van der Waals surface area contributed by atoms with Crippen LogP contribution < -0.4 is 24.8 Å². The van der Waals surface area contributed by atoms with Gasteiger partial charge in [-0.25, -0.2) is 9.59 Å². The number of ether oxygens (including phenoxy) is 3. The maximum atomic E-state index is 13.0. The first kappa shape index (κ1) is 26.9. The number of carboxylic acids is 1. The van der Waals surface area contributed by atoms with E-state index in [1.807, 2.05) is 32.0 Å². The van der Waals surface area contributed by atoms with Crippen molar-refractivity contribution in [3.63, 3.8) is 0 Å². The van der Waals surface area contributed by atoms with Crippen molar-refractivity contribution in [2.24, 2.45) is 0 Å². The molecule has 0 aliphatic carbocycles. The van der Waals surface area contributed by atoms with Gasteiger partial charge in [0.25, 0.3) is 0 Å². The molecule has 5 rings (SSSR count). The van der Waals surface area contributed by atoms with E-state index in [0.717, 1.165) is 12.0 Å². The normalized spacial score (nSPS) is 13.1. The molecule has 9 heteroatoms. The van der Waals surface area contributed by atoms with Crippen molar-refractivity contribution in [3.8, 4) is 34.1 Å². The van der Waals surface area contributed by atoms with E-state index < -0.39 is 12.0 Å². The number of rotatable bonds is 7. The molecule has 1 aliphatic heterocycles. The highest BCUT2D eigenvalue weighted by atomic mass is 35.5. The van der Waals surface area contributed by atoms with Crippen LogP contribution >= 0.6 is 11.6 Å². The predicted octanol–water partition coefficient (Wildman–Crippen LogP) is 7.86. The Balaban J connectivity index is 1.52. The van der Waals surface area contributed by atoms with Gasteiger partial charge in [0.2, 0.25) is 0 Å². The Bertz CT molecular complexity index is 1620. The molecule has 0 atom stereocenters. The SMILES string of the molecule is COc1ccc(-c2ccc(Oc3cccc4c3OC(C)(C)C4)c(NC(=O)Nc3ccccc3Cl)c2)cc1C(=O)O. The standard InChI is InChI=1S/C31H27ClN2O6/c1-31(2)17-20-7-6-10-27(28(20)40-31)39-26-14-12-19(18-11-13-25(38-3)21(15-18)29(35)36)16-24(26)34-30(37)33-23-9-5-4-8-22(23)32/h4-16H,17H2,1-3H3,(H,35,36)(H2,33,34,37). The summed E-state index contributed by atoms with van der Waals surface area (Å²) in [5, 5.41) is 15.6. The quantitative estimate of drug-likeness (QED) is 0.213. The predicted molar refractivity (Wildman–Crippen MR) is 154 cm³/mol. The molecule has 3 N–H and O–H groups in total. The number of hydrogen-bond acceptors (Lipinski definition) is 5. The maximum Gasteiger partial charge on any atom is 0.339 e. The van der Waals surface area contributed by atoms with Crippen molar-refractivity contribution in [2.75, 3.05) is 17.7 Å². The van der Waals surface area contributed by atoms with Gasteiger partial charge < -0.3 is 30.0 Å². The minimum Gasteiger partial charge on any atom is -0.496 e. The van der Waals surface area contributed by atoms with E-state index in [-0.39, 0.29) is 16.9 Å². The van der Waals surface area contributed by atoms with Gasteiger partial charge in [0, 0.05) is 12.0 Å². The molecule has 204 valence electrons. The van der Waals surface area contributed by atoms with Crippen molar-refractivity contribution in [3.05, 3.63) is 95.0 Å². The van der Waals surface area contributed by atoms with Crippen LogP contribution in [0, 0.1) is 0 Å². The topological polar surface area (TPSA) is 106 Å². The Kier molecular flexibility index (Phi) is 7.28. The molecule has 0 bridgehead atoms. The lowest BCUT2D eigenvalue weighted by molar-refractivity contribution is 0.0693.